The molecule has 1 unspecified atom stereocenters. The van der Waals surface area contributed by atoms with Gasteiger partial charge >= 0.3 is 0 Å². The lowest BCUT2D eigenvalue weighted by Gasteiger charge is -2.20. The number of H-pyrrole nitrogens is 1. The average molecular weight is 288 g/mol. The highest BCUT2D eigenvalue weighted by Crippen LogP contribution is 2.36. The Kier molecular flexibility index (Phi) is 3.84. The minimum absolute atomic E-state index is 0.245. The van der Waals surface area contributed by atoms with Crippen molar-refractivity contribution in [2.75, 3.05) is 23.7 Å². The molecule has 0 bridgehead atoms. The third-order valence-electron chi connectivity index (χ3n) is 4.03. The molecule has 1 aromatic heterocycles. The number of anilines is 2. The molecule has 0 fully saturated rings. The monoisotopic (exact) mass is 288 g/mol. The van der Waals surface area contributed by atoms with E-state index in [1.807, 2.05) is 0 Å². The van der Waals surface area contributed by atoms with Gasteiger partial charge < -0.3 is 21.4 Å². The van der Waals surface area contributed by atoms with E-state index in [1.54, 1.807) is 6.20 Å². The van der Waals surface area contributed by atoms with E-state index in [1.165, 1.54) is 11.6 Å². The van der Waals surface area contributed by atoms with Crippen LogP contribution in [0.5, 0.6) is 0 Å². The summed E-state index contributed by atoms with van der Waals surface area (Å²) in [5, 5.41) is 6.93. The molecule has 1 aliphatic rings. The Morgan fingerprint density at radius 3 is 2.86 bits per heavy atom. The lowest BCUT2D eigenvalue weighted by molar-refractivity contribution is 0.592. The van der Waals surface area contributed by atoms with Crippen molar-refractivity contribution in [3.05, 3.63) is 35.9 Å². The zero-order chi connectivity index (χ0) is 14.8. The number of hydrogen-bond donors (Lipinski definition) is 4. The Labute approximate surface area is 123 Å². The van der Waals surface area contributed by atoms with Crippen LogP contribution < -0.4 is 16.4 Å². The van der Waals surface area contributed by atoms with Crippen molar-refractivity contribution in [2.45, 2.75) is 25.8 Å². The van der Waals surface area contributed by atoms with Crippen LogP contribution in [0.1, 0.15) is 18.9 Å². The fourth-order valence-electron chi connectivity index (χ4n) is 2.79. The molecule has 1 atom stereocenters. The van der Waals surface area contributed by atoms with Crippen molar-refractivity contribution >= 4 is 11.4 Å². The summed E-state index contributed by atoms with van der Waals surface area (Å²) in [5.41, 5.74) is 11.2. The Bertz CT molecular complexity index is 631. The Morgan fingerprint density at radius 1 is 1.33 bits per heavy atom. The van der Waals surface area contributed by atoms with Crippen molar-refractivity contribution in [3.8, 4) is 11.1 Å². The molecular formula is C16H21FN4. The number of nitrogens with two attached hydrogens (primary N) is 1. The number of hydrogen-bond acceptors (Lipinski definition) is 3. The fourth-order valence-corrected chi connectivity index (χ4v) is 2.79. The number of fused-ring (bicyclic) bond motifs is 1. The third-order valence-corrected chi connectivity index (χ3v) is 4.03. The predicted octanol–water partition coefficient (Wildman–Crippen LogP) is 2.94. The zero-order valence-electron chi connectivity index (χ0n) is 12.2. The minimum atomic E-state index is -0.313. The summed E-state index contributed by atoms with van der Waals surface area (Å²) >= 11 is 0. The molecule has 21 heavy (non-hydrogen) atoms. The molecule has 5 heteroatoms. The first kappa shape index (κ1) is 13.9. The molecule has 1 aromatic carbocycles. The second-order valence-electron chi connectivity index (χ2n) is 5.46. The highest BCUT2D eigenvalue weighted by atomic mass is 19.1. The van der Waals surface area contributed by atoms with Crippen LogP contribution in [0.25, 0.3) is 11.1 Å². The van der Waals surface area contributed by atoms with E-state index in [0.717, 1.165) is 41.9 Å². The van der Waals surface area contributed by atoms with Gasteiger partial charge in [-0.1, -0.05) is 6.92 Å². The zero-order valence-corrected chi connectivity index (χ0v) is 12.2. The number of aromatic nitrogens is 1. The van der Waals surface area contributed by atoms with E-state index in [2.05, 4.69) is 34.7 Å². The van der Waals surface area contributed by atoms with Gasteiger partial charge in [0.15, 0.2) is 5.95 Å². The van der Waals surface area contributed by atoms with Crippen molar-refractivity contribution in [1.29, 1.82) is 0 Å². The van der Waals surface area contributed by atoms with Gasteiger partial charge in [-0.25, -0.2) is 0 Å². The summed E-state index contributed by atoms with van der Waals surface area (Å²) in [6, 6.07) is 5.97. The van der Waals surface area contributed by atoms with Gasteiger partial charge in [-0.05, 0) is 36.1 Å². The number of halogens is 1. The summed E-state index contributed by atoms with van der Waals surface area (Å²) in [5.74, 6) is -0.313. The molecule has 1 aliphatic heterocycles. The van der Waals surface area contributed by atoms with E-state index in [0.29, 0.717) is 6.54 Å². The molecule has 3 rings (SSSR count). The van der Waals surface area contributed by atoms with Crippen LogP contribution in [0.4, 0.5) is 15.8 Å². The highest BCUT2D eigenvalue weighted by molar-refractivity contribution is 5.82. The van der Waals surface area contributed by atoms with Crippen molar-refractivity contribution in [1.82, 2.24) is 4.98 Å². The normalized spacial score (nSPS) is 14.6. The summed E-state index contributed by atoms with van der Waals surface area (Å²) in [6.45, 7) is 3.65. The van der Waals surface area contributed by atoms with E-state index < -0.39 is 0 Å². The lowest BCUT2D eigenvalue weighted by Crippen LogP contribution is -2.28. The summed E-state index contributed by atoms with van der Waals surface area (Å²) in [4.78, 5) is 2.59. The second kappa shape index (κ2) is 5.77. The van der Waals surface area contributed by atoms with Crippen LogP contribution in [0.15, 0.2) is 24.4 Å². The van der Waals surface area contributed by atoms with Gasteiger partial charge in [0.2, 0.25) is 0 Å². The van der Waals surface area contributed by atoms with Gasteiger partial charge in [-0.3, -0.25) is 0 Å². The maximum atomic E-state index is 13.2. The van der Waals surface area contributed by atoms with Crippen LogP contribution in [0.3, 0.4) is 0 Å². The summed E-state index contributed by atoms with van der Waals surface area (Å²) in [6.07, 6.45) is 3.65. The van der Waals surface area contributed by atoms with Crippen LogP contribution >= 0.6 is 0 Å². The first-order chi connectivity index (χ1) is 10.2. The van der Waals surface area contributed by atoms with E-state index in [4.69, 9.17) is 5.73 Å². The minimum Gasteiger partial charge on any atom is -0.383 e. The molecule has 4 nitrogen and oxygen atoms in total. The quantitative estimate of drug-likeness (QED) is 0.684. The van der Waals surface area contributed by atoms with Crippen LogP contribution in [-0.4, -0.2) is 24.1 Å². The predicted molar refractivity (Wildman–Crippen MR) is 85.1 cm³/mol. The Balaban J connectivity index is 2.00. The van der Waals surface area contributed by atoms with Crippen LogP contribution in [0, 0.1) is 5.95 Å². The standard InChI is InChI=1S/C16H21FN4/c1-2-13(8-18)21-14-6-11(12-7-15(17)20-9-12)5-10-3-4-19-16(10)14/h5-7,9,13,19-21H,2-4,8,18H2,1H3. The summed E-state index contributed by atoms with van der Waals surface area (Å²) in [7, 11) is 0. The number of aromatic amines is 1. The molecule has 112 valence electrons. The van der Waals surface area contributed by atoms with E-state index >= 15 is 0 Å². The van der Waals surface area contributed by atoms with Gasteiger partial charge in [0.05, 0.1) is 11.4 Å². The van der Waals surface area contributed by atoms with Crippen molar-refractivity contribution in [3.63, 3.8) is 0 Å². The number of nitrogens with one attached hydrogen (secondary N) is 3. The highest BCUT2D eigenvalue weighted by Gasteiger charge is 2.18. The smallest absolute Gasteiger partial charge is 0.191 e. The Morgan fingerprint density at radius 2 is 2.19 bits per heavy atom. The molecule has 0 amide bonds. The van der Waals surface area contributed by atoms with E-state index in [9.17, 15) is 4.39 Å². The number of benzene rings is 1. The maximum absolute atomic E-state index is 13.2. The van der Waals surface area contributed by atoms with Gasteiger partial charge in [-0.15, -0.1) is 0 Å². The van der Waals surface area contributed by atoms with Crippen LogP contribution in [-0.2, 0) is 6.42 Å². The first-order valence-corrected chi connectivity index (χ1v) is 7.43. The molecule has 0 spiro atoms. The summed E-state index contributed by atoms with van der Waals surface area (Å²) < 4.78 is 13.2. The molecule has 0 radical (unpaired) electrons. The maximum Gasteiger partial charge on any atom is 0.191 e. The van der Waals surface area contributed by atoms with E-state index in [-0.39, 0.29) is 12.0 Å². The SMILES string of the molecule is CCC(CN)Nc1cc(-c2c[nH]c(F)c2)cc2c1NCC2. The molecule has 2 aromatic rings. The lowest BCUT2D eigenvalue weighted by atomic mass is 10.0. The molecule has 5 N–H and O–H groups in total. The second-order valence-corrected chi connectivity index (χ2v) is 5.46. The van der Waals surface area contributed by atoms with Crippen molar-refractivity contribution < 1.29 is 4.39 Å². The molecule has 0 saturated carbocycles. The molecule has 2 heterocycles. The largest absolute Gasteiger partial charge is 0.383 e. The Hall–Kier alpha value is -2.01. The fraction of sp³-hybridized carbons (Fsp3) is 0.375. The third kappa shape index (κ3) is 2.74. The van der Waals surface area contributed by atoms with Gasteiger partial charge in [0.1, 0.15) is 0 Å². The molecular weight excluding hydrogens is 267 g/mol. The van der Waals surface area contributed by atoms with Gasteiger partial charge in [-0.2, -0.15) is 4.39 Å². The number of rotatable bonds is 5. The average Bonchev–Trinajstić information content (AvgIpc) is 3.12. The molecule has 0 saturated heterocycles. The van der Waals surface area contributed by atoms with Gasteiger partial charge in [0, 0.05) is 37.0 Å². The topological polar surface area (TPSA) is 65.9 Å². The van der Waals surface area contributed by atoms with Crippen LogP contribution in [0.2, 0.25) is 0 Å². The first-order valence-electron chi connectivity index (χ1n) is 7.43. The molecule has 0 aliphatic carbocycles. The van der Waals surface area contributed by atoms with Crippen molar-refractivity contribution in [2.24, 2.45) is 5.73 Å². The van der Waals surface area contributed by atoms with Gasteiger partial charge in [0.25, 0.3) is 0 Å².